The molecule has 0 saturated carbocycles. The van der Waals surface area contributed by atoms with Gasteiger partial charge in [0.2, 0.25) is 15.9 Å². The number of fused-ring (bicyclic) bond motifs is 1. The van der Waals surface area contributed by atoms with Gasteiger partial charge >= 0.3 is 0 Å². The summed E-state index contributed by atoms with van der Waals surface area (Å²) in [5.41, 5.74) is 0.232. The summed E-state index contributed by atoms with van der Waals surface area (Å²) in [5.74, 6) is -0.362. The lowest BCUT2D eigenvalue weighted by atomic mass is 10.0. The quantitative estimate of drug-likeness (QED) is 0.511. The van der Waals surface area contributed by atoms with Crippen LogP contribution in [0.4, 0.5) is 0 Å². The highest BCUT2D eigenvalue weighted by Gasteiger charge is 2.42. The maximum absolute atomic E-state index is 12.8. The summed E-state index contributed by atoms with van der Waals surface area (Å²) in [6.45, 7) is 1.31. The van der Waals surface area contributed by atoms with E-state index in [0.29, 0.717) is 17.8 Å². The topological polar surface area (TPSA) is 153 Å². The van der Waals surface area contributed by atoms with Gasteiger partial charge in [-0.1, -0.05) is 0 Å². The molecule has 2 unspecified atom stereocenters. The monoisotopic (exact) mass is 412 g/mol. The lowest BCUT2D eigenvalue weighted by Crippen LogP contribution is -2.39. The summed E-state index contributed by atoms with van der Waals surface area (Å²) in [6.07, 6.45) is 0.441. The van der Waals surface area contributed by atoms with Crippen molar-refractivity contribution in [1.82, 2.24) is 5.32 Å². The van der Waals surface area contributed by atoms with Gasteiger partial charge in [-0.3, -0.25) is 4.79 Å². The fourth-order valence-electron chi connectivity index (χ4n) is 2.56. The molecule has 0 aromatic carbocycles. The van der Waals surface area contributed by atoms with Crippen molar-refractivity contribution >= 4 is 37.1 Å². The van der Waals surface area contributed by atoms with Crippen LogP contribution in [-0.4, -0.2) is 52.9 Å². The molecule has 0 fully saturated rings. The van der Waals surface area contributed by atoms with Crippen molar-refractivity contribution in [3.05, 3.63) is 11.6 Å². The van der Waals surface area contributed by atoms with E-state index in [1.54, 1.807) is 0 Å². The van der Waals surface area contributed by atoms with Crippen molar-refractivity contribution in [3.8, 4) is 0 Å². The molecule has 0 aliphatic carbocycles. The number of sulfonamides is 1. The predicted octanol–water partition coefficient (Wildman–Crippen LogP) is -0.482. The molecular formula is C13H20N2O7S3. The van der Waals surface area contributed by atoms with Crippen LogP contribution in [-0.2, 0) is 29.4 Å². The predicted molar refractivity (Wildman–Crippen MR) is 90.4 cm³/mol. The highest BCUT2D eigenvalue weighted by Crippen LogP contribution is 2.42. The van der Waals surface area contributed by atoms with E-state index >= 15 is 0 Å². The SMILES string of the molecule is CC(=O)NC1CC(COCCCO)S(=O)(=O)c2sc(S(N)(=O)=O)cc21. The number of carbonyl (C=O) groups excluding carboxylic acids is 1. The van der Waals surface area contributed by atoms with Crippen molar-refractivity contribution in [2.45, 2.75) is 39.5 Å². The maximum Gasteiger partial charge on any atom is 0.247 e. The first-order valence-electron chi connectivity index (χ1n) is 7.43. The van der Waals surface area contributed by atoms with Gasteiger partial charge in [0.1, 0.15) is 8.42 Å². The fraction of sp³-hybridized carbons (Fsp3) is 0.615. The van der Waals surface area contributed by atoms with E-state index in [2.05, 4.69) is 5.32 Å². The van der Waals surface area contributed by atoms with E-state index in [4.69, 9.17) is 15.0 Å². The molecule has 1 aliphatic rings. The molecule has 1 aromatic rings. The Morgan fingerprint density at radius 1 is 1.52 bits per heavy atom. The molecule has 1 aliphatic heterocycles. The minimum absolute atomic E-state index is 0.0643. The molecule has 142 valence electrons. The summed E-state index contributed by atoms with van der Waals surface area (Å²) in [7, 11) is -7.88. The molecule has 4 N–H and O–H groups in total. The van der Waals surface area contributed by atoms with Crippen LogP contribution in [0.1, 0.15) is 31.4 Å². The Hall–Kier alpha value is -1.05. The number of sulfone groups is 1. The van der Waals surface area contributed by atoms with Crippen molar-refractivity contribution < 1.29 is 31.5 Å². The van der Waals surface area contributed by atoms with E-state index < -0.39 is 31.2 Å². The third-order valence-corrected chi connectivity index (χ3v) is 8.95. The van der Waals surface area contributed by atoms with Crippen LogP contribution in [0.15, 0.2) is 14.5 Å². The van der Waals surface area contributed by atoms with Gasteiger partial charge in [-0.25, -0.2) is 22.0 Å². The average molecular weight is 413 g/mol. The number of nitrogens with one attached hydrogen (secondary N) is 1. The highest BCUT2D eigenvalue weighted by atomic mass is 32.3. The average Bonchev–Trinajstić information content (AvgIpc) is 2.94. The molecule has 1 amide bonds. The molecule has 9 nitrogen and oxygen atoms in total. The Morgan fingerprint density at radius 3 is 2.76 bits per heavy atom. The first-order chi connectivity index (χ1) is 11.6. The molecule has 25 heavy (non-hydrogen) atoms. The Morgan fingerprint density at radius 2 is 2.20 bits per heavy atom. The zero-order valence-corrected chi connectivity index (χ0v) is 15.9. The summed E-state index contributed by atoms with van der Waals surface area (Å²) in [4.78, 5) is 11.4. The summed E-state index contributed by atoms with van der Waals surface area (Å²) >= 11 is 0.580. The van der Waals surface area contributed by atoms with Crippen molar-refractivity contribution in [3.63, 3.8) is 0 Å². The van der Waals surface area contributed by atoms with Gasteiger partial charge in [0.15, 0.2) is 9.84 Å². The Balaban J connectivity index is 2.40. The minimum atomic E-state index is -4.06. The zero-order chi connectivity index (χ0) is 18.8. The van der Waals surface area contributed by atoms with Crippen LogP contribution in [0.25, 0.3) is 0 Å². The van der Waals surface area contributed by atoms with Crippen molar-refractivity contribution in [2.75, 3.05) is 19.8 Å². The molecule has 2 rings (SSSR count). The van der Waals surface area contributed by atoms with E-state index in [1.807, 2.05) is 0 Å². The van der Waals surface area contributed by atoms with E-state index in [-0.39, 0.29) is 46.1 Å². The van der Waals surface area contributed by atoms with Crippen molar-refractivity contribution in [2.24, 2.45) is 5.14 Å². The zero-order valence-electron chi connectivity index (χ0n) is 13.5. The number of hydrogen-bond donors (Lipinski definition) is 3. The number of rotatable bonds is 7. The van der Waals surface area contributed by atoms with Crippen molar-refractivity contribution in [1.29, 1.82) is 0 Å². The van der Waals surface area contributed by atoms with Crippen LogP contribution in [0, 0.1) is 0 Å². The lowest BCUT2D eigenvalue weighted by Gasteiger charge is -2.29. The summed E-state index contributed by atoms with van der Waals surface area (Å²) in [6, 6.07) is 0.560. The number of hydrogen-bond acceptors (Lipinski definition) is 8. The molecule has 0 radical (unpaired) electrons. The fourth-order valence-corrected chi connectivity index (χ4v) is 7.11. The number of thiophene rings is 1. The van der Waals surface area contributed by atoms with E-state index in [9.17, 15) is 21.6 Å². The van der Waals surface area contributed by atoms with Crippen LogP contribution in [0.5, 0.6) is 0 Å². The Labute approximate surface area is 150 Å². The molecule has 12 heteroatoms. The number of primary sulfonamides is 1. The van der Waals surface area contributed by atoms with Gasteiger partial charge in [0, 0.05) is 25.7 Å². The van der Waals surface area contributed by atoms with Crippen LogP contribution >= 0.6 is 11.3 Å². The first-order valence-corrected chi connectivity index (χ1v) is 11.3. The van der Waals surface area contributed by atoms with Gasteiger partial charge < -0.3 is 15.2 Å². The number of aliphatic hydroxyl groups is 1. The van der Waals surface area contributed by atoms with Gasteiger partial charge in [-0.05, 0) is 18.9 Å². The largest absolute Gasteiger partial charge is 0.396 e. The third kappa shape index (κ3) is 4.57. The molecular weight excluding hydrogens is 392 g/mol. The molecule has 0 bridgehead atoms. The molecule has 0 saturated heterocycles. The second-order valence-corrected chi connectivity index (χ2v) is 10.9. The molecule has 0 spiro atoms. The second kappa shape index (κ2) is 7.68. The second-order valence-electron chi connectivity index (χ2n) is 5.66. The number of nitrogens with two attached hydrogens (primary N) is 1. The van der Waals surface area contributed by atoms with Crippen LogP contribution in [0.2, 0.25) is 0 Å². The number of amides is 1. The van der Waals surface area contributed by atoms with Gasteiger partial charge in [0.25, 0.3) is 0 Å². The Bertz CT molecular complexity index is 845. The Kier molecular flexibility index (Phi) is 6.22. The highest BCUT2D eigenvalue weighted by molar-refractivity contribution is 7.95. The first kappa shape index (κ1) is 20.3. The number of aliphatic hydroxyl groups excluding tert-OH is 1. The minimum Gasteiger partial charge on any atom is -0.396 e. The van der Waals surface area contributed by atoms with Crippen LogP contribution < -0.4 is 10.5 Å². The third-order valence-electron chi connectivity index (χ3n) is 3.68. The van der Waals surface area contributed by atoms with E-state index in [0.717, 1.165) is 0 Å². The summed E-state index contributed by atoms with van der Waals surface area (Å²) in [5, 5.41) is 15.6. The van der Waals surface area contributed by atoms with Gasteiger partial charge in [-0.2, -0.15) is 0 Å². The number of ether oxygens (including phenoxy) is 1. The van der Waals surface area contributed by atoms with Gasteiger partial charge in [-0.15, -0.1) is 11.3 Å². The maximum atomic E-state index is 12.8. The molecule has 1 aromatic heterocycles. The lowest BCUT2D eigenvalue weighted by molar-refractivity contribution is -0.119. The standard InChI is InChI=1S/C13H20N2O7S3/c1-8(17)15-11-5-9(7-22-4-2-3-16)24(18,19)13-10(11)6-12(23-13)25(14,20)21/h6,9,11,16H,2-5,7H2,1H3,(H,15,17)(H2,14,20,21). The smallest absolute Gasteiger partial charge is 0.247 e. The number of carbonyl (C=O) groups is 1. The summed E-state index contributed by atoms with van der Waals surface area (Å²) < 4.78 is 53.6. The molecule has 2 heterocycles. The van der Waals surface area contributed by atoms with Crippen LogP contribution in [0.3, 0.4) is 0 Å². The van der Waals surface area contributed by atoms with Gasteiger partial charge in [0.05, 0.1) is 17.9 Å². The normalized spacial score (nSPS) is 22.4. The molecule has 2 atom stereocenters. The van der Waals surface area contributed by atoms with E-state index in [1.165, 1.54) is 13.0 Å².